The molecule has 1 saturated carbocycles. The molecule has 2 heteroatoms. The molecule has 1 heterocycles. The summed E-state index contributed by atoms with van der Waals surface area (Å²) in [6.45, 7) is 11.8. The minimum Gasteiger partial charge on any atom is -0.300 e. The van der Waals surface area contributed by atoms with Crippen LogP contribution in [0.5, 0.6) is 0 Å². The van der Waals surface area contributed by atoms with Gasteiger partial charge in [-0.25, -0.2) is 0 Å². The number of allylic oxidation sites excluding steroid dienone is 1. The van der Waals surface area contributed by atoms with E-state index in [2.05, 4.69) is 56.9 Å². The number of likely N-dealkylation sites (tertiary alicyclic amines) is 1. The number of hydrogen-bond donors (Lipinski definition) is 0. The van der Waals surface area contributed by atoms with Crippen LogP contribution in [0.1, 0.15) is 71.8 Å². The van der Waals surface area contributed by atoms with Crippen LogP contribution in [0, 0.1) is 5.92 Å². The number of benzene rings is 1. The van der Waals surface area contributed by atoms with Gasteiger partial charge in [0.15, 0.2) is 0 Å². The van der Waals surface area contributed by atoms with Crippen LogP contribution in [-0.2, 0) is 0 Å². The molecule has 1 aromatic rings. The van der Waals surface area contributed by atoms with E-state index in [0.29, 0.717) is 5.25 Å². The summed E-state index contributed by atoms with van der Waals surface area (Å²) in [5.41, 5.74) is 4.63. The van der Waals surface area contributed by atoms with E-state index in [1.54, 1.807) is 5.57 Å². The quantitative estimate of drug-likeness (QED) is 0.556. The molecule has 138 valence electrons. The molecule has 0 radical (unpaired) electrons. The van der Waals surface area contributed by atoms with Crippen molar-refractivity contribution in [3.8, 4) is 0 Å². The van der Waals surface area contributed by atoms with Gasteiger partial charge in [0.1, 0.15) is 0 Å². The maximum Gasteiger partial charge on any atom is 0.00980 e. The fraction of sp³-hybridized carbons (Fsp3) is 0.652. The number of hydrogen-bond acceptors (Lipinski definition) is 2. The zero-order valence-electron chi connectivity index (χ0n) is 16.6. The van der Waals surface area contributed by atoms with Gasteiger partial charge in [-0.2, -0.15) is 0 Å². The standard InChI is InChI=1S/C23H35NS/c1-17(2)25-23-10-8-20(9-11-23)19(4)21-12-14-24(15-13-21)22-7-5-6-18(3)16-22/h8-11,17-18,22H,5-7,12-16H2,1-4H3. The summed E-state index contributed by atoms with van der Waals surface area (Å²) in [6.07, 6.45) is 8.26. The van der Waals surface area contributed by atoms with Gasteiger partial charge in [-0.05, 0) is 61.8 Å². The summed E-state index contributed by atoms with van der Waals surface area (Å²) in [5.74, 6) is 0.930. The van der Waals surface area contributed by atoms with Gasteiger partial charge in [-0.3, -0.25) is 4.90 Å². The molecule has 0 N–H and O–H groups in total. The number of rotatable bonds is 4. The van der Waals surface area contributed by atoms with Gasteiger partial charge >= 0.3 is 0 Å². The molecule has 0 aromatic heterocycles. The van der Waals surface area contributed by atoms with Gasteiger partial charge in [0.05, 0.1) is 0 Å². The Balaban J connectivity index is 1.60. The highest BCUT2D eigenvalue weighted by molar-refractivity contribution is 7.99. The minimum atomic E-state index is 0.650. The molecular formula is C23H35NS. The van der Waals surface area contributed by atoms with Crippen molar-refractivity contribution < 1.29 is 0 Å². The van der Waals surface area contributed by atoms with Crippen molar-refractivity contribution >= 4 is 17.3 Å². The summed E-state index contributed by atoms with van der Waals surface area (Å²) < 4.78 is 0. The molecule has 0 bridgehead atoms. The zero-order chi connectivity index (χ0) is 17.8. The first-order valence-corrected chi connectivity index (χ1v) is 11.1. The Labute approximate surface area is 159 Å². The van der Waals surface area contributed by atoms with E-state index in [9.17, 15) is 0 Å². The predicted molar refractivity (Wildman–Crippen MR) is 112 cm³/mol. The highest BCUT2D eigenvalue weighted by atomic mass is 32.2. The lowest BCUT2D eigenvalue weighted by molar-refractivity contribution is 0.126. The molecule has 1 nitrogen and oxygen atoms in total. The topological polar surface area (TPSA) is 3.24 Å². The fourth-order valence-electron chi connectivity index (χ4n) is 4.53. The van der Waals surface area contributed by atoms with E-state index in [0.717, 1.165) is 12.0 Å². The molecule has 1 aromatic carbocycles. The lowest BCUT2D eigenvalue weighted by Crippen LogP contribution is -2.42. The molecule has 2 aliphatic rings. The van der Waals surface area contributed by atoms with Crippen molar-refractivity contribution in [2.24, 2.45) is 5.92 Å². The third-order valence-corrected chi connectivity index (χ3v) is 7.03. The SMILES string of the molecule is CC(=C1CCN(C2CCCC(C)C2)CC1)c1ccc(SC(C)C)cc1. The molecule has 2 fully saturated rings. The van der Waals surface area contributed by atoms with Gasteiger partial charge in [-0.15, -0.1) is 11.8 Å². The van der Waals surface area contributed by atoms with Crippen LogP contribution < -0.4 is 0 Å². The molecule has 0 spiro atoms. The summed E-state index contributed by atoms with van der Waals surface area (Å²) >= 11 is 1.95. The molecule has 3 rings (SSSR count). The first kappa shape index (κ1) is 19.0. The van der Waals surface area contributed by atoms with E-state index >= 15 is 0 Å². The Hall–Kier alpha value is -0.730. The van der Waals surface area contributed by atoms with Crippen LogP contribution in [0.3, 0.4) is 0 Å². The molecule has 0 amide bonds. The lowest BCUT2D eigenvalue weighted by atomic mass is 9.85. The van der Waals surface area contributed by atoms with Crippen molar-refractivity contribution in [1.82, 2.24) is 4.90 Å². The largest absolute Gasteiger partial charge is 0.300 e. The summed E-state index contributed by atoms with van der Waals surface area (Å²) in [4.78, 5) is 4.17. The van der Waals surface area contributed by atoms with Crippen LogP contribution in [-0.4, -0.2) is 29.3 Å². The highest BCUT2D eigenvalue weighted by Crippen LogP contribution is 2.33. The summed E-state index contributed by atoms with van der Waals surface area (Å²) in [5, 5.41) is 0.650. The monoisotopic (exact) mass is 357 g/mol. The van der Waals surface area contributed by atoms with E-state index in [1.807, 2.05) is 11.8 Å². The molecule has 1 saturated heterocycles. The minimum absolute atomic E-state index is 0.650. The molecule has 25 heavy (non-hydrogen) atoms. The second-order valence-corrected chi connectivity index (χ2v) is 10.0. The average molecular weight is 358 g/mol. The van der Waals surface area contributed by atoms with Crippen molar-refractivity contribution in [3.05, 3.63) is 35.4 Å². The third kappa shape index (κ3) is 5.14. The maximum atomic E-state index is 2.79. The summed E-state index contributed by atoms with van der Waals surface area (Å²) in [6, 6.07) is 10.1. The number of nitrogens with zero attached hydrogens (tertiary/aromatic N) is 1. The number of piperidine rings is 1. The third-order valence-electron chi connectivity index (χ3n) is 6.02. The van der Waals surface area contributed by atoms with Gasteiger partial charge < -0.3 is 0 Å². The molecule has 2 atom stereocenters. The lowest BCUT2D eigenvalue weighted by Gasteiger charge is -2.39. The first-order valence-electron chi connectivity index (χ1n) is 10.2. The summed E-state index contributed by atoms with van der Waals surface area (Å²) in [7, 11) is 0. The van der Waals surface area contributed by atoms with Crippen molar-refractivity contribution in [2.75, 3.05) is 13.1 Å². The van der Waals surface area contributed by atoms with Gasteiger partial charge in [0.2, 0.25) is 0 Å². The predicted octanol–water partition coefficient (Wildman–Crippen LogP) is 6.64. The normalized spacial score (nSPS) is 25.4. The zero-order valence-corrected chi connectivity index (χ0v) is 17.4. The average Bonchev–Trinajstić information content (AvgIpc) is 2.61. The number of thioether (sulfide) groups is 1. The van der Waals surface area contributed by atoms with Crippen LogP contribution in [0.25, 0.3) is 5.57 Å². The van der Waals surface area contributed by atoms with Crippen LogP contribution >= 0.6 is 11.8 Å². The second-order valence-electron chi connectivity index (χ2n) is 8.38. The molecule has 2 unspecified atom stereocenters. The van der Waals surface area contributed by atoms with E-state index in [1.165, 1.54) is 67.6 Å². The first-order chi connectivity index (χ1) is 12.0. The Morgan fingerprint density at radius 2 is 1.76 bits per heavy atom. The second kappa shape index (κ2) is 8.77. The van der Waals surface area contributed by atoms with E-state index in [4.69, 9.17) is 0 Å². The molecule has 1 aliphatic heterocycles. The van der Waals surface area contributed by atoms with Crippen molar-refractivity contribution in [3.63, 3.8) is 0 Å². The van der Waals surface area contributed by atoms with Crippen LogP contribution in [0.15, 0.2) is 34.7 Å². The smallest absolute Gasteiger partial charge is 0.00980 e. The van der Waals surface area contributed by atoms with E-state index in [-0.39, 0.29) is 0 Å². The Kier molecular flexibility index (Phi) is 6.68. The van der Waals surface area contributed by atoms with Crippen LogP contribution in [0.4, 0.5) is 0 Å². The van der Waals surface area contributed by atoms with Gasteiger partial charge in [-0.1, -0.05) is 51.3 Å². The van der Waals surface area contributed by atoms with Gasteiger partial charge in [0.25, 0.3) is 0 Å². The van der Waals surface area contributed by atoms with Crippen molar-refractivity contribution in [2.45, 2.75) is 82.4 Å². The van der Waals surface area contributed by atoms with Crippen LogP contribution in [0.2, 0.25) is 0 Å². The Bertz CT molecular complexity index is 577. The Morgan fingerprint density at radius 1 is 1.08 bits per heavy atom. The molecule has 1 aliphatic carbocycles. The highest BCUT2D eigenvalue weighted by Gasteiger charge is 2.27. The fourth-order valence-corrected chi connectivity index (χ4v) is 5.37. The van der Waals surface area contributed by atoms with Crippen molar-refractivity contribution in [1.29, 1.82) is 0 Å². The Morgan fingerprint density at radius 3 is 2.36 bits per heavy atom. The van der Waals surface area contributed by atoms with Gasteiger partial charge in [0, 0.05) is 29.3 Å². The molecular weight excluding hydrogens is 322 g/mol. The maximum absolute atomic E-state index is 2.79. The van der Waals surface area contributed by atoms with E-state index < -0.39 is 0 Å².